The largest absolute Gasteiger partial charge is 0.478 e. The van der Waals surface area contributed by atoms with Crippen molar-refractivity contribution in [1.29, 1.82) is 0 Å². The van der Waals surface area contributed by atoms with Gasteiger partial charge in [0.2, 0.25) is 0 Å². The molecule has 0 spiro atoms. The molecule has 1 aromatic rings. The molecule has 0 aliphatic carbocycles. The van der Waals surface area contributed by atoms with E-state index in [9.17, 15) is 22.0 Å². The molecule has 0 unspecified atom stereocenters. The molecular formula is C14H18F2O4S. The minimum atomic E-state index is -4.01. The number of sulfone groups is 1. The summed E-state index contributed by atoms with van der Waals surface area (Å²) in [6.45, 7) is 4.61. The first-order chi connectivity index (χ1) is 9.68. The Balaban J connectivity index is 3.82. The van der Waals surface area contributed by atoms with Crippen LogP contribution >= 0.6 is 0 Å². The fraction of sp³-hybridized carbons (Fsp3) is 0.500. The number of hydrogen-bond donors (Lipinski definition) is 1. The van der Waals surface area contributed by atoms with E-state index in [1.165, 1.54) is 6.92 Å². The molecule has 0 aliphatic heterocycles. The molecule has 7 heteroatoms. The van der Waals surface area contributed by atoms with Gasteiger partial charge in [0.15, 0.2) is 9.84 Å². The maximum atomic E-state index is 13.2. The molecule has 21 heavy (non-hydrogen) atoms. The zero-order chi connectivity index (χ0) is 16.4. The summed E-state index contributed by atoms with van der Waals surface area (Å²) in [7, 11) is -4.01. The quantitative estimate of drug-likeness (QED) is 0.871. The van der Waals surface area contributed by atoms with Gasteiger partial charge >= 0.3 is 5.97 Å². The summed E-state index contributed by atoms with van der Waals surface area (Å²) in [6, 6.07) is 1.93. The van der Waals surface area contributed by atoms with Gasteiger partial charge in [0.1, 0.15) is 0 Å². The number of carbonyl (C=O) groups is 1. The van der Waals surface area contributed by atoms with Crippen molar-refractivity contribution < 1.29 is 27.1 Å². The van der Waals surface area contributed by atoms with Crippen molar-refractivity contribution in [2.45, 2.75) is 50.2 Å². The van der Waals surface area contributed by atoms with Crippen molar-refractivity contribution in [3.05, 3.63) is 28.8 Å². The summed E-state index contributed by atoms with van der Waals surface area (Å²) >= 11 is 0. The lowest BCUT2D eigenvalue weighted by Gasteiger charge is -2.19. The third-order valence-electron chi connectivity index (χ3n) is 3.50. The Kier molecular flexibility index (Phi) is 5.44. The van der Waals surface area contributed by atoms with Crippen LogP contribution in [0.3, 0.4) is 0 Å². The SMILES string of the molecule is CCc1c(C(=O)O)ccc(C(F)F)c1S(=O)(=O)[C@@H](C)CC. The minimum Gasteiger partial charge on any atom is -0.478 e. The summed E-state index contributed by atoms with van der Waals surface area (Å²) < 4.78 is 51.4. The van der Waals surface area contributed by atoms with Gasteiger partial charge in [0.25, 0.3) is 6.43 Å². The number of aromatic carboxylic acids is 1. The first kappa shape index (κ1) is 17.6. The average molecular weight is 320 g/mol. The van der Waals surface area contributed by atoms with Crippen LogP contribution < -0.4 is 0 Å². The Morgan fingerprint density at radius 1 is 1.29 bits per heavy atom. The molecule has 1 aromatic carbocycles. The van der Waals surface area contributed by atoms with Gasteiger partial charge in [-0.3, -0.25) is 0 Å². The summed E-state index contributed by atoms with van der Waals surface area (Å²) in [5.74, 6) is -1.33. The Morgan fingerprint density at radius 2 is 1.86 bits per heavy atom. The zero-order valence-corrected chi connectivity index (χ0v) is 12.9. The molecule has 0 amide bonds. The molecule has 1 atom stereocenters. The van der Waals surface area contributed by atoms with E-state index in [4.69, 9.17) is 5.11 Å². The molecule has 0 heterocycles. The van der Waals surface area contributed by atoms with Crippen molar-refractivity contribution in [3.8, 4) is 0 Å². The van der Waals surface area contributed by atoms with E-state index >= 15 is 0 Å². The van der Waals surface area contributed by atoms with Crippen molar-refractivity contribution in [1.82, 2.24) is 0 Å². The van der Waals surface area contributed by atoms with E-state index in [1.807, 2.05) is 0 Å². The van der Waals surface area contributed by atoms with Gasteiger partial charge in [0.05, 0.1) is 15.7 Å². The van der Waals surface area contributed by atoms with Crippen molar-refractivity contribution in [3.63, 3.8) is 0 Å². The highest BCUT2D eigenvalue weighted by atomic mass is 32.2. The molecule has 4 nitrogen and oxygen atoms in total. The number of rotatable bonds is 6. The maximum absolute atomic E-state index is 13.2. The van der Waals surface area contributed by atoms with Gasteiger partial charge in [-0.25, -0.2) is 22.0 Å². The Labute approximate surface area is 122 Å². The molecule has 1 N–H and O–H groups in total. The highest BCUT2D eigenvalue weighted by molar-refractivity contribution is 7.92. The molecule has 0 aliphatic rings. The van der Waals surface area contributed by atoms with Gasteiger partial charge in [-0.1, -0.05) is 19.9 Å². The topological polar surface area (TPSA) is 71.4 Å². The lowest BCUT2D eigenvalue weighted by molar-refractivity contribution is 0.0694. The molecule has 118 valence electrons. The van der Waals surface area contributed by atoms with E-state index in [1.54, 1.807) is 13.8 Å². The van der Waals surface area contributed by atoms with Crippen LogP contribution in [0.5, 0.6) is 0 Å². The van der Waals surface area contributed by atoms with E-state index in [0.717, 1.165) is 12.1 Å². The average Bonchev–Trinajstić information content (AvgIpc) is 2.43. The summed E-state index contributed by atoms with van der Waals surface area (Å²) in [6.07, 6.45) is -2.68. The van der Waals surface area contributed by atoms with Crippen molar-refractivity contribution in [2.75, 3.05) is 0 Å². The summed E-state index contributed by atoms with van der Waals surface area (Å²) in [4.78, 5) is 10.7. The first-order valence-corrected chi connectivity index (χ1v) is 8.14. The van der Waals surface area contributed by atoms with Crippen LogP contribution in [0.2, 0.25) is 0 Å². The molecule has 1 rings (SSSR count). The number of alkyl halides is 2. The molecule has 0 radical (unpaired) electrons. The molecule has 0 bridgehead atoms. The molecular weight excluding hydrogens is 302 g/mol. The zero-order valence-electron chi connectivity index (χ0n) is 12.1. The predicted octanol–water partition coefficient (Wildman–Crippen LogP) is 3.46. The van der Waals surface area contributed by atoms with Gasteiger partial charge < -0.3 is 5.11 Å². The van der Waals surface area contributed by atoms with Gasteiger partial charge in [0, 0.05) is 5.56 Å². The van der Waals surface area contributed by atoms with Gasteiger partial charge in [-0.15, -0.1) is 0 Å². The fourth-order valence-electron chi connectivity index (χ4n) is 2.13. The van der Waals surface area contributed by atoms with Gasteiger partial charge in [-0.2, -0.15) is 0 Å². The number of carboxylic acids is 1. The van der Waals surface area contributed by atoms with Gasteiger partial charge in [-0.05, 0) is 31.4 Å². The number of carboxylic acid groups (broad SMARTS) is 1. The smallest absolute Gasteiger partial charge is 0.336 e. The molecule has 0 saturated carbocycles. The molecule has 0 saturated heterocycles. The van der Waals surface area contributed by atoms with E-state index in [0.29, 0.717) is 0 Å². The Bertz CT molecular complexity index is 639. The van der Waals surface area contributed by atoms with Crippen LogP contribution in [0.25, 0.3) is 0 Å². The summed E-state index contributed by atoms with van der Waals surface area (Å²) in [5, 5.41) is 8.27. The second-order valence-electron chi connectivity index (χ2n) is 4.73. The van der Waals surface area contributed by atoms with Crippen LogP contribution in [-0.4, -0.2) is 24.7 Å². The number of benzene rings is 1. The van der Waals surface area contributed by atoms with Crippen LogP contribution in [-0.2, 0) is 16.3 Å². The normalized spacial score (nSPS) is 13.4. The third kappa shape index (κ3) is 3.23. The van der Waals surface area contributed by atoms with E-state index in [2.05, 4.69) is 0 Å². The van der Waals surface area contributed by atoms with E-state index in [-0.39, 0.29) is 24.0 Å². The minimum absolute atomic E-state index is 0.0488. The predicted molar refractivity (Wildman–Crippen MR) is 74.7 cm³/mol. The molecule has 0 fully saturated rings. The maximum Gasteiger partial charge on any atom is 0.336 e. The monoisotopic (exact) mass is 320 g/mol. The number of hydrogen-bond acceptors (Lipinski definition) is 3. The van der Waals surface area contributed by atoms with Crippen molar-refractivity contribution in [2.24, 2.45) is 0 Å². The second kappa shape index (κ2) is 6.51. The Hall–Kier alpha value is -1.50. The number of halogens is 2. The van der Waals surface area contributed by atoms with Crippen LogP contribution in [0, 0.1) is 0 Å². The van der Waals surface area contributed by atoms with Crippen LogP contribution in [0.15, 0.2) is 17.0 Å². The van der Waals surface area contributed by atoms with E-state index < -0.39 is 37.9 Å². The highest BCUT2D eigenvalue weighted by Gasteiger charge is 2.32. The second-order valence-corrected chi connectivity index (χ2v) is 7.04. The van der Waals surface area contributed by atoms with Crippen molar-refractivity contribution >= 4 is 15.8 Å². The summed E-state index contributed by atoms with van der Waals surface area (Å²) in [5.41, 5.74) is -0.929. The highest BCUT2D eigenvalue weighted by Crippen LogP contribution is 2.34. The first-order valence-electron chi connectivity index (χ1n) is 6.59. The standard InChI is InChI=1S/C14H18F2O4S/c1-4-8(3)21(19,20)12-9(5-2)10(14(17)18)6-7-11(12)13(15)16/h6-8,13H,4-5H2,1-3H3,(H,17,18)/t8-/m0/s1. The fourth-order valence-corrected chi connectivity index (χ4v) is 4.05. The van der Waals surface area contributed by atoms with Crippen LogP contribution in [0.1, 0.15) is 55.1 Å². The third-order valence-corrected chi connectivity index (χ3v) is 5.94. The lowest BCUT2D eigenvalue weighted by atomic mass is 10.0. The van der Waals surface area contributed by atoms with Crippen LogP contribution in [0.4, 0.5) is 8.78 Å². The molecule has 0 aromatic heterocycles. The lowest BCUT2D eigenvalue weighted by Crippen LogP contribution is -2.22. The Morgan fingerprint density at radius 3 is 2.24 bits per heavy atom.